The second-order valence-corrected chi connectivity index (χ2v) is 7.88. The molecule has 0 saturated heterocycles. The van der Waals surface area contributed by atoms with Crippen LogP contribution in [0.15, 0.2) is 18.2 Å². The second kappa shape index (κ2) is 5.61. The highest BCUT2D eigenvalue weighted by Gasteiger charge is 2.12. The predicted octanol–water partition coefficient (Wildman–Crippen LogP) is 3.99. The molecular formula is C15H18N4S2. The first-order valence-corrected chi connectivity index (χ1v) is 8.50. The van der Waals surface area contributed by atoms with Crippen LogP contribution >= 0.6 is 22.7 Å². The first-order chi connectivity index (χ1) is 10.0. The molecule has 4 nitrogen and oxygen atoms in total. The van der Waals surface area contributed by atoms with Crippen LogP contribution in [0.1, 0.15) is 21.6 Å². The largest absolute Gasteiger partial charge is 0.368 e. The van der Waals surface area contributed by atoms with Crippen molar-refractivity contribution in [3.63, 3.8) is 0 Å². The van der Waals surface area contributed by atoms with Gasteiger partial charge in [-0.25, -0.2) is 4.98 Å². The molecular weight excluding hydrogens is 300 g/mol. The number of aryl methyl sites for hydroxylation is 2. The highest BCUT2D eigenvalue weighted by atomic mass is 32.1. The van der Waals surface area contributed by atoms with Crippen molar-refractivity contribution in [1.82, 2.24) is 9.97 Å². The molecule has 1 atom stereocenters. The van der Waals surface area contributed by atoms with E-state index in [1.807, 2.05) is 11.3 Å². The number of fused-ring (bicyclic) bond motifs is 1. The monoisotopic (exact) mass is 318 g/mol. The van der Waals surface area contributed by atoms with Crippen molar-refractivity contribution >= 4 is 44.7 Å². The van der Waals surface area contributed by atoms with Gasteiger partial charge in [-0.05, 0) is 39.0 Å². The van der Waals surface area contributed by atoms with Gasteiger partial charge in [0.15, 0.2) is 0 Å². The smallest absolute Gasteiger partial charge is 0.223 e. The number of nitrogen functional groups attached to an aromatic ring is 1. The highest BCUT2D eigenvalue weighted by molar-refractivity contribution is 7.18. The van der Waals surface area contributed by atoms with Crippen molar-refractivity contribution in [2.45, 2.75) is 33.2 Å². The van der Waals surface area contributed by atoms with Gasteiger partial charge in [-0.15, -0.1) is 22.7 Å². The fraction of sp³-hybridized carbons (Fsp3) is 0.333. The Morgan fingerprint density at radius 3 is 2.71 bits per heavy atom. The van der Waals surface area contributed by atoms with E-state index in [1.165, 1.54) is 14.6 Å². The van der Waals surface area contributed by atoms with Gasteiger partial charge >= 0.3 is 0 Å². The summed E-state index contributed by atoms with van der Waals surface area (Å²) in [5, 5.41) is 4.54. The molecule has 3 rings (SSSR count). The van der Waals surface area contributed by atoms with E-state index >= 15 is 0 Å². The lowest BCUT2D eigenvalue weighted by atomic mass is 10.2. The molecule has 110 valence electrons. The van der Waals surface area contributed by atoms with Crippen molar-refractivity contribution in [2.24, 2.45) is 0 Å². The average molecular weight is 318 g/mol. The molecule has 3 aromatic rings. The lowest BCUT2D eigenvalue weighted by Crippen LogP contribution is -2.19. The van der Waals surface area contributed by atoms with Gasteiger partial charge in [-0.3, -0.25) is 0 Å². The molecule has 1 unspecified atom stereocenters. The standard InChI is InChI=1S/C15H18N4S2/c1-8(6-11-5-4-9(2)20-11)17-13-12-7-10(3)21-14(12)19-15(16)18-13/h4-5,7-8H,6H2,1-3H3,(H3,16,17,18,19). The molecule has 3 aromatic heterocycles. The summed E-state index contributed by atoms with van der Waals surface area (Å²) in [5.74, 6) is 1.16. The lowest BCUT2D eigenvalue weighted by Gasteiger charge is -2.14. The number of hydrogen-bond donors (Lipinski definition) is 2. The zero-order valence-corrected chi connectivity index (χ0v) is 13.9. The Labute approximate surface area is 132 Å². The Bertz CT molecular complexity index is 775. The van der Waals surface area contributed by atoms with Gasteiger partial charge in [0.05, 0.1) is 5.39 Å². The van der Waals surface area contributed by atoms with E-state index in [2.05, 4.69) is 54.3 Å². The van der Waals surface area contributed by atoms with E-state index in [4.69, 9.17) is 5.73 Å². The molecule has 0 spiro atoms. The van der Waals surface area contributed by atoms with Crippen molar-refractivity contribution in [2.75, 3.05) is 11.1 Å². The summed E-state index contributed by atoms with van der Waals surface area (Å²) in [6.07, 6.45) is 0.979. The number of nitrogens with two attached hydrogens (primary N) is 1. The van der Waals surface area contributed by atoms with Gasteiger partial charge in [0.1, 0.15) is 10.6 Å². The third-order valence-corrected chi connectivity index (χ3v) is 5.19. The minimum Gasteiger partial charge on any atom is -0.368 e. The molecule has 0 bridgehead atoms. The van der Waals surface area contributed by atoms with Gasteiger partial charge in [0, 0.05) is 27.1 Å². The Kier molecular flexibility index (Phi) is 3.82. The molecule has 0 radical (unpaired) electrons. The van der Waals surface area contributed by atoms with Gasteiger partial charge in [0.25, 0.3) is 0 Å². The highest BCUT2D eigenvalue weighted by Crippen LogP contribution is 2.29. The fourth-order valence-electron chi connectivity index (χ4n) is 2.35. The quantitative estimate of drug-likeness (QED) is 0.763. The summed E-state index contributed by atoms with van der Waals surface area (Å²) in [5.41, 5.74) is 5.81. The molecule has 0 aliphatic rings. The van der Waals surface area contributed by atoms with Gasteiger partial charge in [-0.1, -0.05) is 0 Å². The normalized spacial score (nSPS) is 12.7. The molecule has 0 saturated carbocycles. The molecule has 21 heavy (non-hydrogen) atoms. The van der Waals surface area contributed by atoms with E-state index in [0.717, 1.165) is 22.5 Å². The van der Waals surface area contributed by atoms with Crippen molar-refractivity contribution in [3.05, 3.63) is 32.8 Å². The van der Waals surface area contributed by atoms with Gasteiger partial charge in [-0.2, -0.15) is 4.98 Å². The van der Waals surface area contributed by atoms with Crippen molar-refractivity contribution < 1.29 is 0 Å². The van der Waals surface area contributed by atoms with Crippen LogP contribution in [0, 0.1) is 13.8 Å². The molecule has 0 fully saturated rings. The molecule has 0 aromatic carbocycles. The van der Waals surface area contributed by atoms with E-state index in [9.17, 15) is 0 Å². The minimum absolute atomic E-state index is 0.292. The molecule has 0 aliphatic heterocycles. The van der Waals surface area contributed by atoms with E-state index in [0.29, 0.717) is 12.0 Å². The first kappa shape index (κ1) is 14.3. The third-order valence-electron chi connectivity index (χ3n) is 3.22. The van der Waals surface area contributed by atoms with E-state index in [-0.39, 0.29) is 0 Å². The number of nitrogens with one attached hydrogen (secondary N) is 1. The Morgan fingerprint density at radius 1 is 1.19 bits per heavy atom. The maximum Gasteiger partial charge on any atom is 0.223 e. The maximum atomic E-state index is 5.81. The summed E-state index contributed by atoms with van der Waals surface area (Å²) >= 11 is 3.49. The maximum absolute atomic E-state index is 5.81. The Morgan fingerprint density at radius 2 is 2.00 bits per heavy atom. The molecule has 3 heterocycles. The zero-order valence-electron chi connectivity index (χ0n) is 12.3. The Balaban J connectivity index is 1.83. The lowest BCUT2D eigenvalue weighted by molar-refractivity contribution is 0.796. The number of aromatic nitrogens is 2. The number of hydrogen-bond acceptors (Lipinski definition) is 6. The second-order valence-electron chi connectivity index (χ2n) is 5.27. The van der Waals surface area contributed by atoms with Crippen LogP contribution < -0.4 is 11.1 Å². The van der Waals surface area contributed by atoms with Crippen LogP contribution in [0.3, 0.4) is 0 Å². The van der Waals surface area contributed by atoms with Crippen LogP contribution in [0.2, 0.25) is 0 Å². The topological polar surface area (TPSA) is 63.8 Å². The first-order valence-electron chi connectivity index (χ1n) is 6.87. The average Bonchev–Trinajstić information content (AvgIpc) is 2.94. The van der Waals surface area contributed by atoms with Crippen LogP contribution in [0.5, 0.6) is 0 Å². The zero-order chi connectivity index (χ0) is 15.0. The van der Waals surface area contributed by atoms with Crippen LogP contribution in [0.25, 0.3) is 10.2 Å². The fourth-order valence-corrected chi connectivity index (χ4v) is 4.26. The summed E-state index contributed by atoms with van der Waals surface area (Å²) in [6, 6.07) is 6.76. The SMILES string of the molecule is Cc1ccc(CC(C)Nc2nc(N)nc3sc(C)cc23)s1. The van der Waals surface area contributed by atoms with Crippen LogP contribution in [0.4, 0.5) is 11.8 Å². The summed E-state index contributed by atoms with van der Waals surface area (Å²) in [4.78, 5) is 13.6. The number of rotatable bonds is 4. The molecule has 3 N–H and O–H groups in total. The predicted molar refractivity (Wildman–Crippen MR) is 92.4 cm³/mol. The van der Waals surface area contributed by atoms with E-state index < -0.39 is 0 Å². The van der Waals surface area contributed by atoms with Crippen molar-refractivity contribution in [3.8, 4) is 0 Å². The summed E-state index contributed by atoms with van der Waals surface area (Å²) in [6.45, 7) is 6.37. The molecule has 0 amide bonds. The summed E-state index contributed by atoms with van der Waals surface area (Å²) in [7, 11) is 0. The molecule has 0 aliphatic carbocycles. The van der Waals surface area contributed by atoms with Gasteiger partial charge < -0.3 is 11.1 Å². The summed E-state index contributed by atoms with van der Waals surface area (Å²) < 4.78 is 0. The molecule has 6 heteroatoms. The Hall–Kier alpha value is -1.66. The number of nitrogens with zero attached hydrogens (tertiary/aromatic N) is 2. The number of anilines is 2. The minimum atomic E-state index is 0.292. The number of thiophene rings is 2. The van der Waals surface area contributed by atoms with E-state index in [1.54, 1.807) is 11.3 Å². The third kappa shape index (κ3) is 3.16. The van der Waals surface area contributed by atoms with Crippen LogP contribution in [-0.2, 0) is 6.42 Å². The van der Waals surface area contributed by atoms with Crippen molar-refractivity contribution in [1.29, 1.82) is 0 Å². The van der Waals surface area contributed by atoms with Gasteiger partial charge in [0.2, 0.25) is 5.95 Å². The van der Waals surface area contributed by atoms with Crippen LogP contribution in [-0.4, -0.2) is 16.0 Å².